The van der Waals surface area contributed by atoms with Crippen molar-refractivity contribution in [3.63, 3.8) is 0 Å². The Labute approximate surface area is 200 Å². The zero-order chi connectivity index (χ0) is 22.3. The SMILES string of the molecule is CCCC(=O)OCCN1CCN(CCCN2c3ccccc3Sc3ccc(Cl)cc32)CC1. The van der Waals surface area contributed by atoms with Gasteiger partial charge in [-0.05, 0) is 49.7 Å². The van der Waals surface area contributed by atoms with Crippen LogP contribution in [0, 0.1) is 0 Å². The van der Waals surface area contributed by atoms with Gasteiger partial charge in [-0.1, -0.05) is 42.4 Å². The first-order chi connectivity index (χ1) is 15.6. The fourth-order valence-electron chi connectivity index (χ4n) is 4.30. The van der Waals surface area contributed by atoms with Crippen molar-refractivity contribution >= 4 is 40.7 Å². The molecule has 172 valence electrons. The zero-order valence-electron chi connectivity index (χ0n) is 18.8. The van der Waals surface area contributed by atoms with Crippen LogP contribution in [0.3, 0.4) is 0 Å². The molecule has 0 atom stereocenters. The summed E-state index contributed by atoms with van der Waals surface area (Å²) in [6, 6.07) is 14.8. The molecule has 2 aromatic rings. The first-order valence-electron chi connectivity index (χ1n) is 11.6. The van der Waals surface area contributed by atoms with Crippen molar-refractivity contribution in [2.24, 2.45) is 0 Å². The van der Waals surface area contributed by atoms with Crippen LogP contribution in [0.5, 0.6) is 0 Å². The number of rotatable bonds is 9. The lowest BCUT2D eigenvalue weighted by molar-refractivity contribution is -0.144. The number of esters is 1. The van der Waals surface area contributed by atoms with Gasteiger partial charge in [-0.25, -0.2) is 0 Å². The summed E-state index contributed by atoms with van der Waals surface area (Å²) in [5, 5.41) is 0.783. The van der Waals surface area contributed by atoms with Gasteiger partial charge in [0, 0.05) is 60.5 Å². The number of hydrogen-bond acceptors (Lipinski definition) is 6. The van der Waals surface area contributed by atoms with Crippen molar-refractivity contribution in [1.82, 2.24) is 9.80 Å². The standard InChI is InChI=1S/C25H32ClN3O2S/c1-2-6-25(30)31-18-17-28-15-13-27(14-16-28)11-5-12-29-21-7-3-4-8-23(21)32-24-10-9-20(26)19-22(24)29/h3-4,7-10,19H,2,5-6,11-18H2,1H3. The van der Waals surface area contributed by atoms with Gasteiger partial charge in [0.2, 0.25) is 0 Å². The first-order valence-corrected chi connectivity index (χ1v) is 12.8. The smallest absolute Gasteiger partial charge is 0.305 e. The molecule has 2 heterocycles. The minimum Gasteiger partial charge on any atom is -0.464 e. The molecule has 2 aromatic carbocycles. The second-order valence-electron chi connectivity index (χ2n) is 8.34. The lowest BCUT2D eigenvalue weighted by atomic mass is 10.2. The molecule has 1 fully saturated rings. The third kappa shape index (κ3) is 5.98. The molecule has 0 spiro atoms. The molecule has 4 rings (SSSR count). The number of anilines is 2. The molecular weight excluding hydrogens is 442 g/mol. The molecule has 0 bridgehead atoms. The number of halogens is 1. The molecule has 2 aliphatic rings. The molecular formula is C25H32ClN3O2S. The monoisotopic (exact) mass is 473 g/mol. The van der Waals surface area contributed by atoms with E-state index < -0.39 is 0 Å². The van der Waals surface area contributed by atoms with Crippen LogP contribution in [0.2, 0.25) is 5.02 Å². The molecule has 0 unspecified atom stereocenters. The van der Waals surface area contributed by atoms with Crippen molar-refractivity contribution in [2.75, 3.05) is 57.3 Å². The molecule has 1 saturated heterocycles. The highest BCUT2D eigenvalue weighted by molar-refractivity contribution is 7.99. The van der Waals surface area contributed by atoms with E-state index in [9.17, 15) is 4.79 Å². The van der Waals surface area contributed by atoms with E-state index >= 15 is 0 Å². The van der Waals surface area contributed by atoms with Crippen molar-refractivity contribution in [2.45, 2.75) is 36.0 Å². The summed E-state index contributed by atoms with van der Waals surface area (Å²) in [6.07, 6.45) is 2.46. The van der Waals surface area contributed by atoms with E-state index in [1.165, 1.54) is 21.2 Å². The molecule has 32 heavy (non-hydrogen) atoms. The van der Waals surface area contributed by atoms with Gasteiger partial charge >= 0.3 is 5.97 Å². The molecule has 0 saturated carbocycles. The first kappa shape index (κ1) is 23.4. The Kier molecular flexibility index (Phi) is 8.36. The van der Waals surface area contributed by atoms with Crippen LogP contribution in [-0.2, 0) is 9.53 Å². The third-order valence-corrected chi connectivity index (χ3v) is 7.40. The van der Waals surface area contributed by atoms with Crippen LogP contribution in [0.1, 0.15) is 26.2 Å². The zero-order valence-corrected chi connectivity index (χ0v) is 20.3. The highest BCUT2D eigenvalue weighted by Crippen LogP contribution is 2.48. The molecule has 7 heteroatoms. The second-order valence-corrected chi connectivity index (χ2v) is 9.86. The van der Waals surface area contributed by atoms with E-state index in [1.54, 1.807) is 0 Å². The summed E-state index contributed by atoms with van der Waals surface area (Å²) in [7, 11) is 0. The molecule has 5 nitrogen and oxygen atoms in total. The maximum absolute atomic E-state index is 11.5. The number of hydrogen-bond donors (Lipinski definition) is 0. The van der Waals surface area contributed by atoms with Gasteiger partial charge in [0.1, 0.15) is 6.61 Å². The van der Waals surface area contributed by atoms with Gasteiger partial charge in [-0.15, -0.1) is 0 Å². The summed E-state index contributed by atoms with van der Waals surface area (Å²) in [6.45, 7) is 9.60. The number of carbonyl (C=O) groups is 1. The Morgan fingerprint density at radius 3 is 2.47 bits per heavy atom. The Hall–Kier alpha value is -1.73. The lowest BCUT2D eigenvalue weighted by Crippen LogP contribution is -2.47. The van der Waals surface area contributed by atoms with Gasteiger partial charge in [0.25, 0.3) is 0 Å². The second kappa shape index (κ2) is 11.4. The predicted molar refractivity (Wildman–Crippen MR) is 132 cm³/mol. The normalized spacial score (nSPS) is 16.5. The number of fused-ring (bicyclic) bond motifs is 2. The van der Waals surface area contributed by atoms with E-state index in [-0.39, 0.29) is 5.97 Å². The van der Waals surface area contributed by atoms with E-state index in [0.29, 0.717) is 13.0 Å². The minimum atomic E-state index is -0.0771. The van der Waals surface area contributed by atoms with E-state index in [2.05, 4.69) is 51.1 Å². The number of carbonyl (C=O) groups excluding carboxylic acids is 1. The van der Waals surface area contributed by atoms with Gasteiger partial charge in [0.05, 0.1) is 11.4 Å². The Balaban J connectivity index is 1.25. The summed E-state index contributed by atoms with van der Waals surface area (Å²) >= 11 is 8.15. The van der Waals surface area contributed by atoms with Gasteiger partial charge in [0.15, 0.2) is 0 Å². The van der Waals surface area contributed by atoms with Crippen molar-refractivity contribution in [3.05, 3.63) is 47.5 Å². The number of nitrogens with zero attached hydrogens (tertiary/aromatic N) is 3. The topological polar surface area (TPSA) is 36.0 Å². The average Bonchev–Trinajstić information content (AvgIpc) is 2.80. The molecule has 0 N–H and O–H groups in total. The van der Waals surface area contributed by atoms with E-state index in [0.717, 1.165) is 63.7 Å². The number of para-hydroxylation sites is 1. The maximum atomic E-state index is 11.5. The number of piperazine rings is 1. The largest absolute Gasteiger partial charge is 0.464 e. The van der Waals surface area contributed by atoms with Crippen LogP contribution in [0.4, 0.5) is 11.4 Å². The fourth-order valence-corrected chi connectivity index (χ4v) is 5.54. The Bertz CT molecular complexity index is 918. The Morgan fingerprint density at radius 2 is 1.69 bits per heavy atom. The summed E-state index contributed by atoms with van der Waals surface area (Å²) in [4.78, 5) is 21.4. The highest BCUT2D eigenvalue weighted by atomic mass is 35.5. The van der Waals surface area contributed by atoms with Crippen molar-refractivity contribution < 1.29 is 9.53 Å². The van der Waals surface area contributed by atoms with Gasteiger partial charge in [-0.3, -0.25) is 9.69 Å². The molecule has 2 aliphatic heterocycles. The quantitative estimate of drug-likeness (QED) is 0.460. The van der Waals surface area contributed by atoms with Crippen LogP contribution in [0.15, 0.2) is 52.3 Å². The van der Waals surface area contributed by atoms with Crippen LogP contribution in [0.25, 0.3) is 0 Å². The minimum absolute atomic E-state index is 0.0771. The lowest BCUT2D eigenvalue weighted by Gasteiger charge is -2.36. The highest BCUT2D eigenvalue weighted by Gasteiger charge is 2.24. The summed E-state index contributed by atoms with van der Waals surface area (Å²) in [5.41, 5.74) is 2.48. The van der Waals surface area contributed by atoms with Crippen LogP contribution < -0.4 is 4.90 Å². The molecule has 0 amide bonds. The molecule has 0 radical (unpaired) electrons. The van der Waals surface area contributed by atoms with E-state index in [4.69, 9.17) is 16.3 Å². The van der Waals surface area contributed by atoms with Crippen LogP contribution >= 0.6 is 23.4 Å². The summed E-state index contributed by atoms with van der Waals surface area (Å²) in [5.74, 6) is -0.0771. The Morgan fingerprint density at radius 1 is 0.969 bits per heavy atom. The van der Waals surface area contributed by atoms with E-state index in [1.807, 2.05) is 24.8 Å². The molecule has 0 aromatic heterocycles. The predicted octanol–water partition coefficient (Wildman–Crippen LogP) is 5.29. The fraction of sp³-hybridized carbons (Fsp3) is 0.480. The van der Waals surface area contributed by atoms with Gasteiger partial charge in [-0.2, -0.15) is 0 Å². The summed E-state index contributed by atoms with van der Waals surface area (Å²) < 4.78 is 5.30. The van der Waals surface area contributed by atoms with Crippen molar-refractivity contribution in [3.8, 4) is 0 Å². The van der Waals surface area contributed by atoms with Gasteiger partial charge < -0.3 is 14.5 Å². The number of benzene rings is 2. The van der Waals surface area contributed by atoms with Crippen LogP contribution in [-0.4, -0.2) is 68.2 Å². The number of ether oxygens (including phenoxy) is 1. The third-order valence-electron chi connectivity index (χ3n) is 6.03. The maximum Gasteiger partial charge on any atom is 0.305 e. The average molecular weight is 474 g/mol. The molecule has 0 aliphatic carbocycles. The van der Waals surface area contributed by atoms with Crippen molar-refractivity contribution in [1.29, 1.82) is 0 Å².